The van der Waals surface area contributed by atoms with E-state index in [0.717, 1.165) is 17.8 Å². The van der Waals surface area contributed by atoms with Crippen molar-refractivity contribution >= 4 is 16.1 Å². The van der Waals surface area contributed by atoms with E-state index in [2.05, 4.69) is 9.97 Å². The Kier molecular flexibility index (Phi) is 2.85. The lowest BCUT2D eigenvalue weighted by atomic mass is 9.83. The van der Waals surface area contributed by atoms with Crippen molar-refractivity contribution in [3.8, 4) is 0 Å². The predicted octanol–water partition coefficient (Wildman–Crippen LogP) is 0.997. The van der Waals surface area contributed by atoms with Crippen LogP contribution in [0.5, 0.6) is 0 Å². The van der Waals surface area contributed by atoms with Gasteiger partial charge >= 0.3 is 0 Å². The molecular formula is C11H16N2O3S. The lowest BCUT2D eigenvalue weighted by molar-refractivity contribution is 0.111. The van der Waals surface area contributed by atoms with Gasteiger partial charge in [-0.3, -0.25) is 4.79 Å². The molecule has 2 rings (SSSR count). The zero-order chi connectivity index (χ0) is 12.7. The summed E-state index contributed by atoms with van der Waals surface area (Å²) in [5.74, 6) is 1.12. The normalized spacial score (nSPS) is 22.2. The molecule has 2 heterocycles. The fourth-order valence-corrected chi connectivity index (χ4v) is 3.83. The molecule has 0 bridgehead atoms. The van der Waals surface area contributed by atoms with Crippen molar-refractivity contribution in [2.75, 3.05) is 11.5 Å². The van der Waals surface area contributed by atoms with Gasteiger partial charge in [-0.15, -0.1) is 0 Å². The minimum absolute atomic E-state index is 0.194. The SMILES string of the molecule is Cc1[nH]c(C2(C)CCS(=O)(=O)CC2)nc1C=O. The summed E-state index contributed by atoms with van der Waals surface area (Å²) in [4.78, 5) is 18.1. The molecule has 1 aliphatic rings. The van der Waals surface area contributed by atoms with Crippen molar-refractivity contribution in [2.45, 2.75) is 32.1 Å². The Bertz CT molecular complexity index is 531. The Morgan fingerprint density at radius 2 is 1.94 bits per heavy atom. The average Bonchev–Trinajstić information content (AvgIpc) is 2.65. The molecule has 1 aromatic rings. The van der Waals surface area contributed by atoms with Gasteiger partial charge in [0.05, 0.1) is 11.5 Å². The molecule has 0 aliphatic carbocycles. The highest BCUT2D eigenvalue weighted by Crippen LogP contribution is 2.34. The van der Waals surface area contributed by atoms with Crippen LogP contribution < -0.4 is 0 Å². The third-order valence-electron chi connectivity index (χ3n) is 3.54. The van der Waals surface area contributed by atoms with Crippen molar-refractivity contribution in [1.29, 1.82) is 0 Å². The molecule has 0 atom stereocenters. The molecule has 1 saturated heterocycles. The molecule has 1 fully saturated rings. The van der Waals surface area contributed by atoms with Gasteiger partial charge in [-0.05, 0) is 19.8 Å². The highest BCUT2D eigenvalue weighted by molar-refractivity contribution is 7.91. The van der Waals surface area contributed by atoms with Crippen LogP contribution in [0.15, 0.2) is 0 Å². The summed E-state index contributed by atoms with van der Waals surface area (Å²) in [6, 6.07) is 0. The maximum atomic E-state index is 11.4. The average molecular weight is 256 g/mol. The third kappa shape index (κ3) is 2.26. The van der Waals surface area contributed by atoms with Gasteiger partial charge in [0.25, 0.3) is 0 Å². The largest absolute Gasteiger partial charge is 0.345 e. The number of aryl methyl sites for hydroxylation is 1. The molecule has 0 amide bonds. The summed E-state index contributed by atoms with van der Waals surface area (Å²) in [6.07, 6.45) is 1.83. The second kappa shape index (κ2) is 3.94. The van der Waals surface area contributed by atoms with Crippen LogP contribution in [0.1, 0.15) is 41.8 Å². The van der Waals surface area contributed by atoms with Gasteiger partial charge in [0.1, 0.15) is 21.4 Å². The van der Waals surface area contributed by atoms with Crippen LogP contribution in [0.2, 0.25) is 0 Å². The Hall–Kier alpha value is -1.17. The fraction of sp³-hybridized carbons (Fsp3) is 0.636. The number of aldehydes is 1. The van der Waals surface area contributed by atoms with Crippen molar-refractivity contribution in [1.82, 2.24) is 9.97 Å². The quantitative estimate of drug-likeness (QED) is 0.800. The topological polar surface area (TPSA) is 79.9 Å². The van der Waals surface area contributed by atoms with Crippen LogP contribution in [0.4, 0.5) is 0 Å². The van der Waals surface area contributed by atoms with Gasteiger partial charge in [-0.25, -0.2) is 13.4 Å². The molecule has 5 nitrogen and oxygen atoms in total. The second-order valence-electron chi connectivity index (χ2n) is 4.93. The number of carbonyl (C=O) groups excluding carboxylic acids is 1. The Morgan fingerprint density at radius 3 is 2.41 bits per heavy atom. The smallest absolute Gasteiger partial charge is 0.170 e. The van der Waals surface area contributed by atoms with E-state index in [1.54, 1.807) is 6.92 Å². The minimum atomic E-state index is -2.88. The second-order valence-corrected chi connectivity index (χ2v) is 7.23. The predicted molar refractivity (Wildman–Crippen MR) is 64.0 cm³/mol. The van der Waals surface area contributed by atoms with Crippen LogP contribution >= 0.6 is 0 Å². The number of carbonyl (C=O) groups is 1. The van der Waals surface area contributed by atoms with Crippen molar-refractivity contribution in [3.63, 3.8) is 0 Å². The fourth-order valence-electron chi connectivity index (χ4n) is 2.10. The van der Waals surface area contributed by atoms with Crippen molar-refractivity contribution in [2.24, 2.45) is 0 Å². The van der Waals surface area contributed by atoms with Crippen molar-refractivity contribution < 1.29 is 13.2 Å². The monoisotopic (exact) mass is 256 g/mol. The number of aromatic nitrogens is 2. The van der Waals surface area contributed by atoms with Crippen LogP contribution in [-0.4, -0.2) is 36.2 Å². The van der Waals surface area contributed by atoms with Gasteiger partial charge in [-0.1, -0.05) is 6.92 Å². The molecule has 17 heavy (non-hydrogen) atoms. The van der Waals surface area contributed by atoms with Crippen LogP contribution in [-0.2, 0) is 15.3 Å². The minimum Gasteiger partial charge on any atom is -0.345 e. The summed E-state index contributed by atoms with van der Waals surface area (Å²) in [6.45, 7) is 3.79. The molecule has 1 N–H and O–H groups in total. The van der Waals surface area contributed by atoms with E-state index in [1.807, 2.05) is 6.92 Å². The summed E-state index contributed by atoms with van der Waals surface area (Å²) in [7, 11) is -2.88. The number of nitrogens with one attached hydrogen (secondary N) is 1. The van der Waals surface area contributed by atoms with Crippen LogP contribution in [0.25, 0.3) is 0 Å². The molecule has 1 aliphatic heterocycles. The molecule has 0 radical (unpaired) electrons. The molecule has 94 valence electrons. The van der Waals surface area contributed by atoms with Gasteiger partial charge in [0.2, 0.25) is 0 Å². The van der Waals surface area contributed by atoms with E-state index >= 15 is 0 Å². The van der Waals surface area contributed by atoms with E-state index in [0.29, 0.717) is 18.5 Å². The first-order valence-electron chi connectivity index (χ1n) is 5.59. The van der Waals surface area contributed by atoms with E-state index in [-0.39, 0.29) is 16.9 Å². The molecule has 0 saturated carbocycles. The third-order valence-corrected chi connectivity index (χ3v) is 5.19. The first-order valence-corrected chi connectivity index (χ1v) is 7.41. The molecule has 6 heteroatoms. The van der Waals surface area contributed by atoms with Crippen LogP contribution in [0, 0.1) is 6.92 Å². The number of nitrogens with zero attached hydrogens (tertiary/aromatic N) is 1. The summed E-state index contributed by atoms with van der Waals surface area (Å²) < 4.78 is 22.8. The lowest BCUT2D eigenvalue weighted by Gasteiger charge is -2.31. The lowest BCUT2D eigenvalue weighted by Crippen LogP contribution is -2.35. The Balaban J connectivity index is 2.30. The summed E-state index contributed by atoms with van der Waals surface area (Å²) in [5.41, 5.74) is 0.886. The molecule has 1 aromatic heterocycles. The van der Waals surface area contributed by atoms with Gasteiger partial charge in [-0.2, -0.15) is 0 Å². The molecule has 0 aromatic carbocycles. The number of H-pyrrole nitrogens is 1. The number of sulfone groups is 1. The Morgan fingerprint density at radius 1 is 1.35 bits per heavy atom. The first kappa shape index (κ1) is 12.3. The summed E-state index contributed by atoms with van der Waals surface area (Å²) in [5, 5.41) is 0. The molecule has 0 spiro atoms. The highest BCUT2D eigenvalue weighted by Gasteiger charge is 2.37. The first-order chi connectivity index (χ1) is 7.86. The zero-order valence-corrected chi connectivity index (χ0v) is 10.8. The van der Waals surface area contributed by atoms with Gasteiger partial charge < -0.3 is 4.98 Å². The Labute approximate surface area is 101 Å². The molecular weight excluding hydrogens is 240 g/mol. The number of hydrogen-bond donors (Lipinski definition) is 1. The van der Waals surface area contributed by atoms with E-state index in [4.69, 9.17) is 0 Å². The zero-order valence-electron chi connectivity index (χ0n) is 9.99. The standard InChI is InChI=1S/C11H16N2O3S/c1-8-9(7-14)13-10(12-8)11(2)3-5-17(15,16)6-4-11/h7H,3-6H2,1-2H3,(H,12,13). The maximum Gasteiger partial charge on any atom is 0.170 e. The maximum absolute atomic E-state index is 11.4. The van der Waals surface area contributed by atoms with E-state index in [9.17, 15) is 13.2 Å². The molecule has 0 unspecified atom stereocenters. The number of aromatic amines is 1. The number of rotatable bonds is 2. The highest BCUT2D eigenvalue weighted by atomic mass is 32.2. The van der Waals surface area contributed by atoms with Crippen molar-refractivity contribution in [3.05, 3.63) is 17.2 Å². The summed E-state index contributed by atoms with van der Waals surface area (Å²) >= 11 is 0. The van der Waals surface area contributed by atoms with E-state index < -0.39 is 9.84 Å². The van der Waals surface area contributed by atoms with Crippen LogP contribution in [0.3, 0.4) is 0 Å². The van der Waals surface area contributed by atoms with Gasteiger partial charge in [0, 0.05) is 11.1 Å². The number of hydrogen-bond acceptors (Lipinski definition) is 4. The van der Waals surface area contributed by atoms with E-state index in [1.165, 1.54) is 0 Å². The number of imidazole rings is 1. The van der Waals surface area contributed by atoms with Gasteiger partial charge in [0.15, 0.2) is 6.29 Å².